The van der Waals surface area contributed by atoms with E-state index in [0.717, 1.165) is 23.9 Å². The quantitative estimate of drug-likeness (QED) is 0.866. The second-order valence-corrected chi connectivity index (χ2v) is 7.89. The molecule has 1 fully saturated rings. The van der Waals surface area contributed by atoms with Crippen LogP contribution in [0.2, 0.25) is 0 Å². The summed E-state index contributed by atoms with van der Waals surface area (Å²) < 4.78 is 0. The van der Waals surface area contributed by atoms with Gasteiger partial charge in [0.2, 0.25) is 5.91 Å². The summed E-state index contributed by atoms with van der Waals surface area (Å²) in [5.74, 6) is 0.0912. The molecular formula is C20H27N3O2. The van der Waals surface area contributed by atoms with Crippen LogP contribution in [-0.4, -0.2) is 52.8 Å². The first-order valence-corrected chi connectivity index (χ1v) is 8.94. The van der Waals surface area contributed by atoms with E-state index in [2.05, 4.69) is 44.0 Å². The van der Waals surface area contributed by atoms with Crippen molar-refractivity contribution in [3.05, 3.63) is 35.5 Å². The molecule has 0 unspecified atom stereocenters. The average Bonchev–Trinajstić information content (AvgIpc) is 2.81. The molecule has 25 heavy (non-hydrogen) atoms. The number of rotatable bonds is 1. The van der Waals surface area contributed by atoms with E-state index in [-0.39, 0.29) is 17.2 Å². The lowest BCUT2D eigenvalue weighted by molar-refractivity contribution is -0.128. The van der Waals surface area contributed by atoms with Crippen molar-refractivity contribution in [2.45, 2.75) is 39.5 Å². The van der Waals surface area contributed by atoms with Gasteiger partial charge in [-0.1, -0.05) is 32.9 Å². The maximum absolute atomic E-state index is 12.9. The molecule has 0 radical (unpaired) electrons. The normalized spacial score (nSPS) is 16.2. The molecule has 1 N–H and O–H groups in total. The van der Waals surface area contributed by atoms with E-state index < -0.39 is 0 Å². The smallest absolute Gasteiger partial charge is 0.270 e. The number of aromatic amines is 1. The lowest BCUT2D eigenvalue weighted by Crippen LogP contribution is -2.36. The van der Waals surface area contributed by atoms with Crippen molar-refractivity contribution in [1.82, 2.24) is 14.8 Å². The topological polar surface area (TPSA) is 56.4 Å². The van der Waals surface area contributed by atoms with Crippen LogP contribution in [0.15, 0.2) is 24.3 Å². The van der Waals surface area contributed by atoms with E-state index in [1.54, 1.807) is 6.92 Å². The van der Waals surface area contributed by atoms with E-state index in [9.17, 15) is 9.59 Å². The lowest BCUT2D eigenvalue weighted by atomic mass is 9.87. The van der Waals surface area contributed by atoms with Gasteiger partial charge in [0, 0.05) is 44.0 Å². The van der Waals surface area contributed by atoms with Crippen LogP contribution in [0.25, 0.3) is 10.9 Å². The minimum Gasteiger partial charge on any atom is -0.351 e. The van der Waals surface area contributed by atoms with E-state index in [0.29, 0.717) is 25.3 Å². The number of benzene rings is 1. The zero-order chi connectivity index (χ0) is 18.2. The van der Waals surface area contributed by atoms with Gasteiger partial charge >= 0.3 is 0 Å². The van der Waals surface area contributed by atoms with Crippen LogP contribution in [0.1, 0.15) is 50.2 Å². The number of amides is 2. The van der Waals surface area contributed by atoms with Crippen molar-refractivity contribution in [3.8, 4) is 0 Å². The Morgan fingerprint density at radius 3 is 2.36 bits per heavy atom. The molecule has 0 saturated carbocycles. The molecule has 1 aliphatic heterocycles. The number of carbonyl (C=O) groups is 2. The Morgan fingerprint density at radius 1 is 1.00 bits per heavy atom. The van der Waals surface area contributed by atoms with Gasteiger partial charge in [-0.15, -0.1) is 0 Å². The Labute approximate surface area is 149 Å². The van der Waals surface area contributed by atoms with Crippen molar-refractivity contribution in [2.75, 3.05) is 26.2 Å². The highest BCUT2D eigenvalue weighted by Crippen LogP contribution is 2.26. The highest BCUT2D eigenvalue weighted by atomic mass is 16.2. The summed E-state index contributed by atoms with van der Waals surface area (Å²) in [5.41, 5.74) is 2.94. The van der Waals surface area contributed by atoms with Gasteiger partial charge in [0.15, 0.2) is 0 Å². The highest BCUT2D eigenvalue weighted by molar-refractivity contribution is 5.98. The monoisotopic (exact) mass is 341 g/mol. The van der Waals surface area contributed by atoms with Crippen LogP contribution in [0.4, 0.5) is 0 Å². The third-order valence-electron chi connectivity index (χ3n) is 4.95. The van der Waals surface area contributed by atoms with Gasteiger partial charge in [-0.05, 0) is 29.5 Å². The van der Waals surface area contributed by atoms with E-state index in [4.69, 9.17) is 0 Å². The molecule has 134 valence electrons. The van der Waals surface area contributed by atoms with Gasteiger partial charge in [0.25, 0.3) is 5.91 Å². The van der Waals surface area contributed by atoms with Crippen LogP contribution >= 0.6 is 0 Å². The van der Waals surface area contributed by atoms with Crippen LogP contribution in [0.5, 0.6) is 0 Å². The van der Waals surface area contributed by atoms with Gasteiger partial charge in [-0.25, -0.2) is 0 Å². The standard InChI is InChI=1S/C20H27N3O2/c1-14(24)22-8-5-9-23(11-10-22)19(25)18-12-15-6-7-16(20(2,3)4)13-17(15)21-18/h6-7,12-13,21H,5,8-11H2,1-4H3. The number of nitrogens with zero attached hydrogens (tertiary/aromatic N) is 2. The fourth-order valence-electron chi connectivity index (χ4n) is 3.31. The summed E-state index contributed by atoms with van der Waals surface area (Å²) in [6, 6.07) is 8.26. The van der Waals surface area contributed by atoms with Crippen molar-refractivity contribution in [3.63, 3.8) is 0 Å². The Balaban J connectivity index is 1.81. The maximum Gasteiger partial charge on any atom is 0.270 e. The molecule has 1 saturated heterocycles. The van der Waals surface area contributed by atoms with E-state index in [1.165, 1.54) is 5.56 Å². The highest BCUT2D eigenvalue weighted by Gasteiger charge is 2.23. The number of hydrogen-bond acceptors (Lipinski definition) is 2. The molecule has 0 atom stereocenters. The first-order chi connectivity index (χ1) is 11.8. The van der Waals surface area contributed by atoms with Crippen LogP contribution in [0.3, 0.4) is 0 Å². The average molecular weight is 341 g/mol. The molecule has 0 bridgehead atoms. The Hall–Kier alpha value is -2.30. The molecule has 1 aliphatic rings. The van der Waals surface area contributed by atoms with Gasteiger partial charge in [-0.2, -0.15) is 0 Å². The first kappa shape index (κ1) is 17.5. The number of fused-ring (bicyclic) bond motifs is 1. The van der Waals surface area contributed by atoms with E-state index >= 15 is 0 Å². The summed E-state index contributed by atoms with van der Waals surface area (Å²) in [7, 11) is 0. The lowest BCUT2D eigenvalue weighted by Gasteiger charge is -2.20. The molecule has 5 nitrogen and oxygen atoms in total. The second-order valence-electron chi connectivity index (χ2n) is 7.89. The number of nitrogens with one attached hydrogen (secondary N) is 1. The third-order valence-corrected chi connectivity index (χ3v) is 4.95. The van der Waals surface area contributed by atoms with Crippen molar-refractivity contribution < 1.29 is 9.59 Å². The molecule has 5 heteroatoms. The molecular weight excluding hydrogens is 314 g/mol. The largest absolute Gasteiger partial charge is 0.351 e. The molecule has 0 aliphatic carbocycles. The Morgan fingerprint density at radius 2 is 1.68 bits per heavy atom. The zero-order valence-corrected chi connectivity index (χ0v) is 15.6. The molecule has 1 aromatic carbocycles. The molecule has 3 rings (SSSR count). The summed E-state index contributed by atoms with van der Waals surface area (Å²) in [6.45, 7) is 10.7. The van der Waals surface area contributed by atoms with Gasteiger partial charge < -0.3 is 14.8 Å². The number of carbonyl (C=O) groups excluding carboxylic acids is 2. The Bertz CT molecular complexity index is 801. The number of hydrogen-bond donors (Lipinski definition) is 1. The summed E-state index contributed by atoms with van der Waals surface area (Å²) >= 11 is 0. The fourth-order valence-corrected chi connectivity index (χ4v) is 3.31. The zero-order valence-electron chi connectivity index (χ0n) is 15.6. The van der Waals surface area contributed by atoms with Crippen LogP contribution < -0.4 is 0 Å². The molecule has 2 amide bonds. The SMILES string of the molecule is CC(=O)N1CCCN(C(=O)c2cc3ccc(C(C)(C)C)cc3[nH]2)CC1. The fraction of sp³-hybridized carbons (Fsp3) is 0.500. The minimum absolute atomic E-state index is 0.0129. The van der Waals surface area contributed by atoms with Crippen molar-refractivity contribution in [1.29, 1.82) is 0 Å². The van der Waals surface area contributed by atoms with Gasteiger partial charge in [0.1, 0.15) is 5.69 Å². The number of aromatic nitrogens is 1. The summed E-state index contributed by atoms with van der Waals surface area (Å²) in [5, 5.41) is 1.05. The molecule has 0 spiro atoms. The van der Waals surface area contributed by atoms with Crippen LogP contribution in [-0.2, 0) is 10.2 Å². The first-order valence-electron chi connectivity index (χ1n) is 8.94. The molecule has 2 heterocycles. The Kier molecular flexibility index (Phi) is 4.58. The molecule has 2 aromatic rings. The third kappa shape index (κ3) is 3.70. The van der Waals surface area contributed by atoms with Crippen LogP contribution in [0, 0.1) is 0 Å². The summed E-state index contributed by atoms with van der Waals surface area (Å²) in [4.78, 5) is 31.4. The van der Waals surface area contributed by atoms with Gasteiger partial charge in [-0.3, -0.25) is 9.59 Å². The summed E-state index contributed by atoms with van der Waals surface area (Å²) in [6.07, 6.45) is 0.819. The second kappa shape index (κ2) is 6.54. The van der Waals surface area contributed by atoms with Crippen molar-refractivity contribution in [2.24, 2.45) is 0 Å². The maximum atomic E-state index is 12.9. The van der Waals surface area contributed by atoms with Crippen molar-refractivity contribution >= 4 is 22.7 Å². The minimum atomic E-state index is 0.0129. The van der Waals surface area contributed by atoms with E-state index in [1.807, 2.05) is 15.9 Å². The predicted octanol–water partition coefficient (Wildman–Crippen LogP) is 3.16. The van der Waals surface area contributed by atoms with Gasteiger partial charge in [0.05, 0.1) is 0 Å². The number of H-pyrrole nitrogens is 1. The predicted molar refractivity (Wildman–Crippen MR) is 99.8 cm³/mol. The molecule has 1 aromatic heterocycles.